The van der Waals surface area contributed by atoms with E-state index in [1.54, 1.807) is 0 Å². The highest BCUT2D eigenvalue weighted by atomic mass is 16.5. The van der Waals surface area contributed by atoms with Gasteiger partial charge in [-0.2, -0.15) is 0 Å². The zero-order chi connectivity index (χ0) is 95.0. The Morgan fingerprint density at radius 2 is 0.906 bits per heavy atom. The normalized spacial score (nSPS) is 13.2. The quantitative estimate of drug-likeness (QED) is 0.137. The van der Waals surface area contributed by atoms with E-state index in [4.69, 9.17) is 47.4 Å². The van der Waals surface area contributed by atoms with Crippen molar-refractivity contribution in [2.45, 2.75) is 19.3 Å². The van der Waals surface area contributed by atoms with Gasteiger partial charge in [-0.3, -0.25) is 24.8 Å². The lowest BCUT2D eigenvalue weighted by molar-refractivity contribution is 0.485. The van der Waals surface area contributed by atoms with E-state index in [2.05, 4.69) is 277 Å². The minimum absolute atomic E-state index is 0.0859. The summed E-state index contributed by atoms with van der Waals surface area (Å²) in [6.07, 6.45) is 11.4. The second kappa shape index (κ2) is 33.1. The molecule has 1 aliphatic carbocycles. The maximum atomic E-state index is 9.44. The summed E-state index contributed by atoms with van der Waals surface area (Å²) in [6.45, 7) is 4.23. The molecule has 13 nitrogen and oxygen atoms in total. The number of allylic oxidation sites excluding steroid dienone is 1. The van der Waals surface area contributed by atoms with Crippen molar-refractivity contribution in [3.8, 4) is 124 Å². The number of ether oxygens (including phenoxy) is 1. The molecule has 12 heterocycles. The topological polar surface area (TPSA) is 129 Å². The fraction of sp³-hybridized carbons (Fsp3) is 0.0240. The molecule has 28 rings (SSSR count). The standard InChI is InChI=1S/C44H28N4.C42H30N4.C39H24N4O/c1-2-12-31-26-34(21-20-29(31)10-1)47-40-19-8-6-17-37(40)44-42(38-28-45-24-23-41(38)47)36-16-5-7-18-39(36)48(44)33-14-9-13-32(27-33)43-35-15-4-3-11-30(35)22-25-46-43;1-42(2)33-26-44-35(28-15-7-4-8-16-28)24-32(33)40-30-17-9-11-19-37(30)46(38-20-12-10-18-31(38)41(40)42)39-22-21-34-36(45-39)23-29(25-43-34)27-13-5-3-6-14-27;1-3-13-25(14-4-1)37-27-17-7-10-20-31(27)41-39(42-37)32-23-30-35(24-40-32)44-34-22-12-9-19-29(34)38-36(30)28-18-8-11-21-33(28)43(38)26-15-5-2-6-16-26/h1-28H;3-26H,1-2H3;1-24H/i;10D,12D,18D,20D;. The zero-order valence-corrected chi connectivity index (χ0v) is 74.8. The van der Waals surface area contributed by atoms with Gasteiger partial charge < -0.3 is 18.8 Å². The molecule has 0 amide bonds. The van der Waals surface area contributed by atoms with Crippen molar-refractivity contribution in [2.24, 2.45) is 0 Å². The minimum atomic E-state index is -0.645. The number of rotatable bonds is 9. The van der Waals surface area contributed by atoms with Crippen LogP contribution in [0.2, 0.25) is 0 Å². The summed E-state index contributed by atoms with van der Waals surface area (Å²) in [7, 11) is 0. The molecular weight excluding hydrogens is 1690 g/mol. The van der Waals surface area contributed by atoms with Crippen LogP contribution in [-0.4, -0.2) is 49.0 Å². The Hall–Kier alpha value is -18.5. The molecule has 0 N–H and O–H groups in total. The third-order valence-corrected chi connectivity index (χ3v) is 27.1. The van der Waals surface area contributed by atoms with Crippen molar-refractivity contribution in [3.05, 3.63) is 484 Å². The van der Waals surface area contributed by atoms with E-state index < -0.39 is 5.41 Å². The Balaban J connectivity index is 0.000000109. The molecule has 15 aromatic carbocycles. The summed E-state index contributed by atoms with van der Waals surface area (Å²) in [6, 6.07) is 137. The third-order valence-electron chi connectivity index (χ3n) is 27.1. The number of benzene rings is 15. The largest absolute Gasteiger partial charge is 0.454 e. The summed E-state index contributed by atoms with van der Waals surface area (Å²) < 4.78 is 47.9. The summed E-state index contributed by atoms with van der Waals surface area (Å²) in [4.78, 5) is 43.6. The summed E-state index contributed by atoms with van der Waals surface area (Å²) in [5.41, 5.74) is 32.9. The molecule has 0 atom stereocenters. The van der Waals surface area contributed by atoms with Gasteiger partial charge in [-0.1, -0.05) is 311 Å². The lowest BCUT2D eigenvalue weighted by Crippen LogP contribution is -2.19. The first kappa shape index (κ1) is 76.1. The number of nitrogens with zero attached hydrogens (tertiary/aromatic N) is 12. The maximum Gasteiger partial charge on any atom is 0.179 e. The molecular formula is C125H82N12O. The molecule has 9 aromatic heterocycles. The number of aromatic nitrogens is 10. The van der Waals surface area contributed by atoms with Crippen molar-refractivity contribution < 1.29 is 10.2 Å². The van der Waals surface area contributed by atoms with Gasteiger partial charge in [-0.05, 0) is 171 Å². The molecule has 0 saturated heterocycles. The monoisotopic (exact) mass is 1770 g/mol. The molecule has 0 unspecified atom stereocenters. The first-order valence-corrected chi connectivity index (χ1v) is 46.2. The molecule has 3 aliphatic heterocycles. The molecule has 0 fully saturated rings. The molecule has 0 saturated carbocycles. The second-order valence-electron chi connectivity index (χ2n) is 35.4. The van der Waals surface area contributed by atoms with Gasteiger partial charge in [-0.15, -0.1) is 0 Å². The van der Waals surface area contributed by atoms with Crippen LogP contribution in [0.3, 0.4) is 0 Å². The van der Waals surface area contributed by atoms with Crippen LogP contribution in [0.15, 0.2) is 462 Å². The Bertz CT molecular complexity index is 9330. The Kier molecular flexibility index (Phi) is 18.2. The van der Waals surface area contributed by atoms with Crippen LogP contribution in [0.4, 0.5) is 34.3 Å². The number of pyridine rings is 6. The van der Waals surface area contributed by atoms with Crippen LogP contribution in [0.5, 0.6) is 11.5 Å². The number of hydrogen-bond donors (Lipinski definition) is 0. The average Bonchev–Trinajstić information content (AvgIpc) is 1.52. The van der Waals surface area contributed by atoms with Gasteiger partial charge in [0.15, 0.2) is 11.6 Å². The maximum absolute atomic E-state index is 9.44. The molecule has 648 valence electrons. The SMILES string of the molecule is [2H]c1c([2H])c([2H])c2c(c1[2H])C1=C(c3ccccc3N2c2ccc3ncc(-c4ccccc4)cc3n2)c2cc(-c3ccccc3)ncc2C1(C)C.c1cc(-c2nccc3ccccc23)cc(-n2c3c(c4ccccc42)-c2cnccc2N(c2ccc4ccccc4c2)c2ccccc2-3)c1.c1ccc(-c2nc(-c3cc4c(cn3)Oc3ccccc3-c3c-4c4ccccc4n3-c3ccccc3)nc3ccccc23)cc1. The van der Waals surface area contributed by atoms with E-state index in [1.165, 1.54) is 27.1 Å². The van der Waals surface area contributed by atoms with Crippen molar-refractivity contribution in [1.29, 1.82) is 0 Å². The van der Waals surface area contributed by atoms with Crippen molar-refractivity contribution >= 4 is 111 Å². The molecule has 138 heavy (non-hydrogen) atoms. The Morgan fingerprint density at radius 3 is 1.70 bits per heavy atom. The van der Waals surface area contributed by atoms with Crippen molar-refractivity contribution in [2.75, 3.05) is 9.80 Å². The van der Waals surface area contributed by atoms with Gasteiger partial charge in [-0.25, -0.2) is 19.9 Å². The summed E-state index contributed by atoms with van der Waals surface area (Å²) >= 11 is 0. The second-order valence-corrected chi connectivity index (χ2v) is 35.4. The van der Waals surface area contributed by atoms with E-state index in [-0.39, 0.29) is 24.2 Å². The van der Waals surface area contributed by atoms with Crippen LogP contribution < -0.4 is 14.5 Å². The lowest BCUT2D eigenvalue weighted by Gasteiger charge is -2.30. The average molecular weight is 1770 g/mol. The highest BCUT2D eigenvalue weighted by Gasteiger charge is 2.44. The van der Waals surface area contributed by atoms with Gasteiger partial charge in [0, 0.05) is 142 Å². The molecule has 24 aromatic rings. The van der Waals surface area contributed by atoms with Crippen LogP contribution in [0.1, 0.15) is 41.6 Å². The van der Waals surface area contributed by atoms with Gasteiger partial charge in [0.25, 0.3) is 0 Å². The molecule has 4 aliphatic rings. The number of hydrogen-bond acceptors (Lipinski definition) is 11. The first-order valence-electron chi connectivity index (χ1n) is 48.2. The summed E-state index contributed by atoms with van der Waals surface area (Å²) in [5.74, 6) is 2.58. The van der Waals surface area contributed by atoms with E-state index in [1.807, 2.05) is 194 Å². The predicted molar refractivity (Wildman–Crippen MR) is 563 cm³/mol. The first-order chi connectivity index (χ1) is 69.9. The number of fused-ring (bicyclic) bond motifs is 24. The van der Waals surface area contributed by atoms with Gasteiger partial charge in [0.2, 0.25) is 0 Å². The van der Waals surface area contributed by atoms with E-state index in [0.717, 1.165) is 190 Å². The summed E-state index contributed by atoms with van der Waals surface area (Å²) in [5, 5.41) is 8.08. The van der Waals surface area contributed by atoms with Crippen LogP contribution in [0.25, 0.3) is 189 Å². The van der Waals surface area contributed by atoms with Gasteiger partial charge >= 0.3 is 0 Å². The Labute approximate surface area is 801 Å². The minimum Gasteiger partial charge on any atom is -0.454 e. The Morgan fingerprint density at radius 1 is 0.304 bits per heavy atom. The van der Waals surface area contributed by atoms with E-state index in [0.29, 0.717) is 39.9 Å². The van der Waals surface area contributed by atoms with Crippen LogP contribution in [0, 0.1) is 0 Å². The molecule has 0 spiro atoms. The highest BCUT2D eigenvalue weighted by molar-refractivity contribution is 6.17. The van der Waals surface area contributed by atoms with Crippen molar-refractivity contribution in [3.63, 3.8) is 0 Å². The zero-order valence-electron chi connectivity index (χ0n) is 78.8. The number of para-hydroxylation sites is 8. The molecule has 0 radical (unpaired) electrons. The predicted octanol–water partition coefficient (Wildman–Crippen LogP) is 31.6. The van der Waals surface area contributed by atoms with Gasteiger partial charge in [0.1, 0.15) is 17.3 Å². The smallest absolute Gasteiger partial charge is 0.179 e. The fourth-order valence-electron chi connectivity index (χ4n) is 20.9. The fourth-order valence-corrected chi connectivity index (χ4v) is 20.9. The molecule has 0 bridgehead atoms. The van der Waals surface area contributed by atoms with Crippen LogP contribution in [-0.2, 0) is 5.41 Å². The van der Waals surface area contributed by atoms with E-state index >= 15 is 0 Å². The van der Waals surface area contributed by atoms with Gasteiger partial charge in [0.05, 0.1) is 90.5 Å². The highest BCUT2D eigenvalue weighted by Crippen LogP contribution is 2.61. The van der Waals surface area contributed by atoms with E-state index in [9.17, 15) is 2.74 Å². The lowest BCUT2D eigenvalue weighted by atomic mass is 9.78. The van der Waals surface area contributed by atoms with Crippen molar-refractivity contribution in [1.82, 2.24) is 49.0 Å². The number of anilines is 6. The molecule has 13 heteroatoms. The third kappa shape index (κ3) is 13.4. The van der Waals surface area contributed by atoms with Crippen LogP contribution >= 0.6 is 0 Å².